The van der Waals surface area contributed by atoms with Crippen LogP contribution in [-0.4, -0.2) is 36.8 Å². The molecule has 0 aliphatic carbocycles. The summed E-state index contributed by atoms with van der Waals surface area (Å²) in [6, 6.07) is 15.3. The molecule has 0 spiro atoms. The Morgan fingerprint density at radius 1 is 1.02 bits per heavy atom. The lowest BCUT2D eigenvalue weighted by atomic mass is 9.96. The predicted octanol–water partition coefficient (Wildman–Crippen LogP) is 5.46. The summed E-state index contributed by atoms with van der Waals surface area (Å²) < 4.78 is 38.3. The van der Waals surface area contributed by atoms with Gasteiger partial charge in [-0.25, -0.2) is 19.0 Å². The van der Waals surface area contributed by atoms with E-state index in [9.17, 15) is 18.8 Å². The first-order valence-corrected chi connectivity index (χ1v) is 16.0. The number of nitrogens with zero attached hydrogens (tertiary/aromatic N) is 2. The Morgan fingerprint density at radius 3 is 2.35 bits per heavy atom. The van der Waals surface area contributed by atoms with Gasteiger partial charge in [0.2, 0.25) is 0 Å². The molecule has 2 heterocycles. The number of esters is 2. The number of hydrogen-bond donors (Lipinski definition) is 0. The molecular formula is C34H30BrFN2O7S. The molecule has 3 aromatic carbocycles. The van der Waals surface area contributed by atoms with Crippen LogP contribution < -0.4 is 24.4 Å². The fraction of sp³-hybridized carbons (Fsp3) is 0.235. The van der Waals surface area contributed by atoms with Crippen molar-refractivity contribution >= 4 is 45.3 Å². The van der Waals surface area contributed by atoms with Gasteiger partial charge in [-0.05, 0) is 95.9 Å². The molecule has 0 saturated carbocycles. The summed E-state index contributed by atoms with van der Waals surface area (Å²) in [5.74, 6) is -0.523. The summed E-state index contributed by atoms with van der Waals surface area (Å²) in [5.41, 5.74) is 2.76. The number of rotatable bonds is 10. The van der Waals surface area contributed by atoms with Crippen molar-refractivity contribution in [2.24, 2.45) is 4.99 Å². The van der Waals surface area contributed by atoms with Crippen molar-refractivity contribution in [3.8, 4) is 11.5 Å². The second kappa shape index (κ2) is 14.3. The van der Waals surface area contributed by atoms with Crippen LogP contribution in [0, 0.1) is 5.82 Å². The lowest BCUT2D eigenvalue weighted by molar-refractivity contribution is -0.139. The smallest absolute Gasteiger partial charge is 0.338 e. The van der Waals surface area contributed by atoms with Gasteiger partial charge in [0.05, 0.1) is 52.2 Å². The second-order valence-corrected chi connectivity index (χ2v) is 12.0. The summed E-state index contributed by atoms with van der Waals surface area (Å²) in [7, 11) is 1.52. The van der Waals surface area contributed by atoms with Gasteiger partial charge in [-0.2, -0.15) is 0 Å². The lowest BCUT2D eigenvalue weighted by Gasteiger charge is -2.24. The van der Waals surface area contributed by atoms with Crippen LogP contribution in [0.3, 0.4) is 0 Å². The Bertz CT molecular complexity index is 2000. The lowest BCUT2D eigenvalue weighted by Crippen LogP contribution is -2.39. The minimum atomic E-state index is -0.846. The molecule has 5 rings (SSSR count). The van der Waals surface area contributed by atoms with Crippen molar-refractivity contribution in [1.82, 2.24) is 4.57 Å². The molecule has 0 bridgehead atoms. The Kier molecular flexibility index (Phi) is 10.2. The van der Waals surface area contributed by atoms with Gasteiger partial charge in [-0.3, -0.25) is 9.36 Å². The Balaban J connectivity index is 1.49. The van der Waals surface area contributed by atoms with Gasteiger partial charge in [0.15, 0.2) is 16.3 Å². The first kappa shape index (κ1) is 32.8. The largest absolute Gasteiger partial charge is 0.493 e. The van der Waals surface area contributed by atoms with E-state index in [4.69, 9.17) is 18.9 Å². The molecule has 0 saturated heterocycles. The van der Waals surface area contributed by atoms with Gasteiger partial charge < -0.3 is 18.9 Å². The van der Waals surface area contributed by atoms with Crippen LogP contribution in [0.25, 0.3) is 6.08 Å². The predicted molar refractivity (Wildman–Crippen MR) is 174 cm³/mol. The van der Waals surface area contributed by atoms with Gasteiger partial charge in [-0.1, -0.05) is 35.6 Å². The van der Waals surface area contributed by atoms with E-state index in [2.05, 4.69) is 20.9 Å². The standard InChI is InChI=1S/C34H30BrFN2O7S/c1-5-43-32(40)23-9-7-20(8-10-23)18-45-30-25(35)15-21(16-26(30)42-4)17-27-31(39)38-29(22-11-13-24(36)14-12-22)28(33(41)44-6-2)19(3)37-34(38)46-27/h7-17,29H,5-6,18H2,1-4H3/b27-17-/t29-/m1/s1. The maximum Gasteiger partial charge on any atom is 0.338 e. The van der Waals surface area contributed by atoms with Gasteiger partial charge >= 0.3 is 11.9 Å². The van der Waals surface area contributed by atoms with Gasteiger partial charge in [0.1, 0.15) is 12.4 Å². The molecule has 4 aromatic rings. The van der Waals surface area contributed by atoms with Crippen molar-refractivity contribution in [3.63, 3.8) is 0 Å². The fourth-order valence-electron chi connectivity index (χ4n) is 4.97. The maximum absolute atomic E-state index is 13.9. The van der Waals surface area contributed by atoms with Gasteiger partial charge in [-0.15, -0.1) is 0 Å². The molecule has 0 amide bonds. The first-order chi connectivity index (χ1) is 22.1. The van der Waals surface area contributed by atoms with E-state index >= 15 is 0 Å². The van der Waals surface area contributed by atoms with E-state index in [1.807, 2.05) is 0 Å². The Hall–Kier alpha value is -4.55. The third-order valence-electron chi connectivity index (χ3n) is 7.10. The number of fused-ring (bicyclic) bond motifs is 1. The monoisotopic (exact) mass is 708 g/mol. The van der Waals surface area contributed by atoms with E-state index in [-0.39, 0.29) is 30.3 Å². The molecule has 0 radical (unpaired) electrons. The van der Waals surface area contributed by atoms with Crippen LogP contribution in [0.5, 0.6) is 11.5 Å². The summed E-state index contributed by atoms with van der Waals surface area (Å²) in [6.45, 7) is 5.80. The minimum Gasteiger partial charge on any atom is -0.493 e. The zero-order chi connectivity index (χ0) is 33.0. The molecule has 9 nitrogen and oxygen atoms in total. The molecule has 0 fully saturated rings. The average molecular weight is 710 g/mol. The van der Waals surface area contributed by atoms with Crippen LogP contribution in [0.1, 0.15) is 53.9 Å². The van der Waals surface area contributed by atoms with Crippen molar-refractivity contribution in [3.05, 3.63) is 124 Å². The van der Waals surface area contributed by atoms with E-state index in [1.165, 1.54) is 35.1 Å². The van der Waals surface area contributed by atoms with Crippen LogP contribution in [0.2, 0.25) is 0 Å². The molecule has 46 heavy (non-hydrogen) atoms. The summed E-state index contributed by atoms with van der Waals surface area (Å²) in [4.78, 5) is 43.9. The molecule has 1 aliphatic heterocycles. The average Bonchev–Trinajstić information content (AvgIpc) is 3.34. The number of aromatic nitrogens is 1. The third kappa shape index (κ3) is 6.82. The molecule has 0 unspecified atom stereocenters. The van der Waals surface area contributed by atoms with Crippen molar-refractivity contribution in [2.45, 2.75) is 33.4 Å². The number of allylic oxidation sites excluding steroid dienone is 1. The fourth-order valence-corrected chi connectivity index (χ4v) is 6.59. The van der Waals surface area contributed by atoms with Gasteiger partial charge in [0.25, 0.3) is 5.56 Å². The quantitative estimate of drug-likeness (QED) is 0.202. The number of halogens is 2. The highest BCUT2D eigenvalue weighted by molar-refractivity contribution is 9.10. The Morgan fingerprint density at radius 2 is 1.70 bits per heavy atom. The number of benzene rings is 3. The van der Waals surface area contributed by atoms with Crippen molar-refractivity contribution < 1.29 is 32.9 Å². The molecule has 12 heteroatoms. The van der Waals surface area contributed by atoms with Crippen molar-refractivity contribution in [2.75, 3.05) is 20.3 Å². The minimum absolute atomic E-state index is 0.147. The number of carbonyl (C=O) groups excluding carboxylic acids is 2. The summed E-state index contributed by atoms with van der Waals surface area (Å²) in [5, 5.41) is 0. The topological polar surface area (TPSA) is 105 Å². The molecule has 1 aliphatic rings. The highest BCUT2D eigenvalue weighted by Gasteiger charge is 2.33. The summed E-state index contributed by atoms with van der Waals surface area (Å²) >= 11 is 4.74. The number of methoxy groups -OCH3 is 1. The first-order valence-electron chi connectivity index (χ1n) is 14.4. The highest BCUT2D eigenvalue weighted by Crippen LogP contribution is 2.37. The van der Waals surface area contributed by atoms with Crippen LogP contribution in [0.15, 0.2) is 86.2 Å². The van der Waals surface area contributed by atoms with E-state index in [1.54, 1.807) is 75.4 Å². The molecule has 1 atom stereocenters. The van der Waals surface area contributed by atoms with E-state index in [0.717, 1.165) is 5.56 Å². The normalized spacial score (nSPS) is 14.4. The Labute approximate surface area is 276 Å². The summed E-state index contributed by atoms with van der Waals surface area (Å²) in [6.07, 6.45) is 1.71. The van der Waals surface area contributed by atoms with E-state index < -0.39 is 17.8 Å². The molecule has 1 aromatic heterocycles. The van der Waals surface area contributed by atoms with Crippen LogP contribution >= 0.6 is 27.3 Å². The molecular weight excluding hydrogens is 679 g/mol. The molecule has 238 valence electrons. The highest BCUT2D eigenvalue weighted by atomic mass is 79.9. The number of thiazole rings is 1. The number of ether oxygens (including phenoxy) is 4. The van der Waals surface area contributed by atoms with E-state index in [0.29, 0.717) is 54.3 Å². The number of carbonyl (C=O) groups is 2. The maximum atomic E-state index is 13.9. The third-order valence-corrected chi connectivity index (χ3v) is 8.67. The SMILES string of the molecule is CCOC(=O)C1=C(C)N=c2s/c(=C\c3cc(Br)c(OCc4ccc(C(=O)OCC)cc4)c(OC)c3)c(=O)n2[C@@H]1c1ccc(F)cc1. The second-order valence-electron chi connectivity index (χ2n) is 10.1. The van der Waals surface area contributed by atoms with Gasteiger partial charge in [0, 0.05) is 0 Å². The zero-order valence-electron chi connectivity index (χ0n) is 25.5. The van der Waals surface area contributed by atoms with Crippen LogP contribution in [-0.2, 0) is 20.9 Å². The zero-order valence-corrected chi connectivity index (χ0v) is 27.9. The number of hydrogen-bond acceptors (Lipinski definition) is 9. The molecule has 0 N–H and O–H groups in total. The van der Waals surface area contributed by atoms with Crippen molar-refractivity contribution in [1.29, 1.82) is 0 Å². The van der Waals surface area contributed by atoms with Crippen LogP contribution in [0.4, 0.5) is 4.39 Å².